The van der Waals surface area contributed by atoms with Gasteiger partial charge in [-0.2, -0.15) is 0 Å². The zero-order valence-electron chi connectivity index (χ0n) is 10.1. The number of nitrogens with zero attached hydrogens (tertiary/aromatic N) is 2. The first-order chi connectivity index (χ1) is 9.16. The van der Waals surface area contributed by atoms with Gasteiger partial charge in [0, 0.05) is 23.3 Å². The van der Waals surface area contributed by atoms with Gasteiger partial charge in [-0.05, 0) is 36.1 Å². The number of carbonyl (C=O) groups is 1. The number of primary amides is 1. The van der Waals surface area contributed by atoms with E-state index in [0.717, 1.165) is 18.4 Å². The van der Waals surface area contributed by atoms with Crippen LogP contribution in [0.15, 0.2) is 30.6 Å². The Hall–Kier alpha value is -1.94. The Kier molecular flexibility index (Phi) is 2.95. The molecule has 1 aromatic heterocycles. The van der Waals surface area contributed by atoms with E-state index in [1.165, 1.54) is 11.8 Å². The number of hydrogen-bond acceptors (Lipinski definition) is 3. The van der Waals surface area contributed by atoms with Crippen LogP contribution in [-0.2, 0) is 6.42 Å². The molecule has 0 spiro atoms. The number of rotatable bonds is 2. The molecule has 3 rings (SSSR count). The molecule has 1 amide bonds. The second-order valence-electron chi connectivity index (χ2n) is 4.59. The largest absolute Gasteiger partial charge is 0.364 e. The lowest BCUT2D eigenvalue weighted by atomic mass is 9.96. The highest BCUT2D eigenvalue weighted by atomic mass is 35.5. The van der Waals surface area contributed by atoms with Crippen molar-refractivity contribution in [3.05, 3.63) is 58.1 Å². The lowest BCUT2D eigenvalue weighted by molar-refractivity contribution is 0.0993. The summed E-state index contributed by atoms with van der Waals surface area (Å²) in [4.78, 5) is 19.8. The summed E-state index contributed by atoms with van der Waals surface area (Å²) in [6.45, 7) is 0. The highest BCUT2D eigenvalue weighted by molar-refractivity contribution is 6.30. The predicted molar refractivity (Wildman–Crippen MR) is 72.2 cm³/mol. The molecule has 0 saturated carbocycles. The van der Waals surface area contributed by atoms with E-state index in [1.807, 2.05) is 18.2 Å². The van der Waals surface area contributed by atoms with Gasteiger partial charge in [0.25, 0.3) is 5.91 Å². The minimum absolute atomic E-state index is 0.0462. The number of halogens is 1. The smallest absolute Gasteiger partial charge is 0.269 e. The van der Waals surface area contributed by atoms with Crippen LogP contribution in [0.4, 0.5) is 0 Å². The van der Waals surface area contributed by atoms with Crippen LogP contribution >= 0.6 is 11.6 Å². The topological polar surface area (TPSA) is 68.9 Å². The maximum Gasteiger partial charge on any atom is 0.269 e. The van der Waals surface area contributed by atoms with E-state index in [0.29, 0.717) is 10.7 Å². The van der Waals surface area contributed by atoms with Crippen molar-refractivity contribution in [1.82, 2.24) is 9.97 Å². The minimum atomic E-state index is -0.543. The lowest BCUT2D eigenvalue weighted by Crippen LogP contribution is -2.18. The Bertz CT molecular complexity index is 657. The fourth-order valence-electron chi connectivity index (χ4n) is 2.65. The van der Waals surface area contributed by atoms with Crippen molar-refractivity contribution in [1.29, 1.82) is 0 Å². The summed E-state index contributed by atoms with van der Waals surface area (Å²) in [6, 6.07) is 5.85. The standard InChI is InChI=1S/C14H12ClN3O/c15-9-3-1-8-2-4-10(11(8)7-9)12-13(14(16)19)18-6-5-17-12/h1,3,5-7,10H,2,4H2,(H2,16,19)/t10-/m1/s1. The van der Waals surface area contributed by atoms with Crippen LogP contribution in [0.1, 0.15) is 39.6 Å². The van der Waals surface area contributed by atoms with Gasteiger partial charge in [-0.15, -0.1) is 0 Å². The molecule has 0 radical (unpaired) electrons. The predicted octanol–water partition coefficient (Wildman–Crippen LogP) is 2.31. The average molecular weight is 274 g/mol. The number of aryl methyl sites for hydroxylation is 1. The molecule has 2 aromatic rings. The van der Waals surface area contributed by atoms with E-state index in [-0.39, 0.29) is 11.6 Å². The SMILES string of the molecule is NC(=O)c1nccnc1[C@@H]1CCc2ccc(Cl)cc21. The molecule has 0 fully saturated rings. The number of nitrogens with two attached hydrogens (primary N) is 1. The number of amides is 1. The van der Waals surface area contributed by atoms with Gasteiger partial charge in [0.1, 0.15) is 5.69 Å². The Morgan fingerprint density at radius 2 is 2.11 bits per heavy atom. The highest BCUT2D eigenvalue weighted by Crippen LogP contribution is 2.39. The maximum atomic E-state index is 11.5. The molecule has 0 aliphatic heterocycles. The molecule has 5 heteroatoms. The number of hydrogen-bond donors (Lipinski definition) is 1. The first kappa shape index (κ1) is 12.1. The van der Waals surface area contributed by atoms with Gasteiger partial charge in [-0.1, -0.05) is 17.7 Å². The van der Waals surface area contributed by atoms with E-state index < -0.39 is 5.91 Å². The van der Waals surface area contributed by atoms with Crippen LogP contribution in [0.5, 0.6) is 0 Å². The Morgan fingerprint density at radius 3 is 2.89 bits per heavy atom. The zero-order chi connectivity index (χ0) is 13.4. The Balaban J connectivity index is 2.11. The molecule has 2 N–H and O–H groups in total. The van der Waals surface area contributed by atoms with Gasteiger partial charge in [0.2, 0.25) is 0 Å². The normalized spacial score (nSPS) is 17.2. The molecule has 96 valence electrons. The molecule has 1 heterocycles. The van der Waals surface area contributed by atoms with Gasteiger partial charge in [-0.25, -0.2) is 4.98 Å². The molecule has 19 heavy (non-hydrogen) atoms. The number of benzene rings is 1. The van der Waals surface area contributed by atoms with Crippen LogP contribution in [0.3, 0.4) is 0 Å². The number of carbonyl (C=O) groups excluding carboxylic acids is 1. The van der Waals surface area contributed by atoms with Crippen LogP contribution in [-0.4, -0.2) is 15.9 Å². The van der Waals surface area contributed by atoms with Crippen molar-refractivity contribution in [2.45, 2.75) is 18.8 Å². The van der Waals surface area contributed by atoms with Gasteiger partial charge >= 0.3 is 0 Å². The quantitative estimate of drug-likeness (QED) is 0.913. The molecule has 1 aromatic carbocycles. The third kappa shape index (κ3) is 2.08. The van der Waals surface area contributed by atoms with E-state index in [1.54, 1.807) is 6.20 Å². The molecule has 1 aliphatic rings. The average Bonchev–Trinajstić information content (AvgIpc) is 2.81. The van der Waals surface area contributed by atoms with Gasteiger partial charge in [0.15, 0.2) is 0 Å². The summed E-state index contributed by atoms with van der Waals surface area (Å²) in [5, 5.41) is 0.690. The Labute approximate surface area is 115 Å². The van der Waals surface area contributed by atoms with E-state index in [9.17, 15) is 4.79 Å². The lowest BCUT2D eigenvalue weighted by Gasteiger charge is -2.13. The van der Waals surface area contributed by atoms with E-state index in [2.05, 4.69) is 9.97 Å². The number of fused-ring (bicyclic) bond motifs is 1. The molecule has 1 aliphatic carbocycles. The summed E-state index contributed by atoms with van der Waals surface area (Å²) in [5.41, 5.74) is 8.63. The fraction of sp³-hybridized carbons (Fsp3) is 0.214. The van der Waals surface area contributed by atoms with Gasteiger partial charge in [-0.3, -0.25) is 9.78 Å². The molecule has 1 atom stereocenters. The molecule has 0 unspecified atom stereocenters. The second kappa shape index (κ2) is 4.63. The monoisotopic (exact) mass is 273 g/mol. The maximum absolute atomic E-state index is 11.5. The van der Waals surface area contributed by atoms with Crippen LogP contribution < -0.4 is 5.73 Å². The van der Waals surface area contributed by atoms with Crippen molar-refractivity contribution >= 4 is 17.5 Å². The summed E-state index contributed by atoms with van der Waals surface area (Å²) < 4.78 is 0. The third-order valence-electron chi connectivity index (χ3n) is 3.48. The molecule has 4 nitrogen and oxygen atoms in total. The van der Waals surface area contributed by atoms with Crippen LogP contribution in [0.25, 0.3) is 0 Å². The molecular weight excluding hydrogens is 262 g/mol. The van der Waals surface area contributed by atoms with E-state index in [4.69, 9.17) is 17.3 Å². The van der Waals surface area contributed by atoms with Crippen molar-refractivity contribution in [3.8, 4) is 0 Å². The third-order valence-corrected chi connectivity index (χ3v) is 3.71. The Morgan fingerprint density at radius 1 is 1.32 bits per heavy atom. The van der Waals surface area contributed by atoms with Crippen LogP contribution in [0.2, 0.25) is 5.02 Å². The first-order valence-electron chi connectivity index (χ1n) is 6.06. The first-order valence-corrected chi connectivity index (χ1v) is 6.43. The highest BCUT2D eigenvalue weighted by Gasteiger charge is 2.28. The summed E-state index contributed by atoms with van der Waals surface area (Å²) in [7, 11) is 0. The fourth-order valence-corrected chi connectivity index (χ4v) is 2.83. The molecule has 0 saturated heterocycles. The van der Waals surface area contributed by atoms with E-state index >= 15 is 0 Å². The van der Waals surface area contributed by atoms with Crippen molar-refractivity contribution in [2.24, 2.45) is 5.73 Å². The molecular formula is C14H12ClN3O. The zero-order valence-corrected chi connectivity index (χ0v) is 10.9. The molecule has 0 bridgehead atoms. The second-order valence-corrected chi connectivity index (χ2v) is 5.03. The summed E-state index contributed by atoms with van der Waals surface area (Å²) >= 11 is 6.05. The number of aromatic nitrogens is 2. The van der Waals surface area contributed by atoms with Crippen molar-refractivity contribution < 1.29 is 4.79 Å². The summed E-state index contributed by atoms with van der Waals surface area (Å²) in [6.07, 6.45) is 4.92. The van der Waals surface area contributed by atoms with Crippen molar-refractivity contribution in [2.75, 3.05) is 0 Å². The minimum Gasteiger partial charge on any atom is -0.364 e. The summed E-state index contributed by atoms with van der Waals surface area (Å²) in [5.74, 6) is -0.497. The van der Waals surface area contributed by atoms with Crippen molar-refractivity contribution in [3.63, 3.8) is 0 Å². The van der Waals surface area contributed by atoms with Gasteiger partial charge < -0.3 is 5.73 Å². The van der Waals surface area contributed by atoms with Crippen LogP contribution in [0, 0.1) is 0 Å². The van der Waals surface area contributed by atoms with Gasteiger partial charge in [0.05, 0.1) is 5.69 Å².